The van der Waals surface area contributed by atoms with E-state index < -0.39 is 136 Å². The van der Waals surface area contributed by atoms with Gasteiger partial charge in [-0.05, 0) is 117 Å². The molecule has 20 heteroatoms. The van der Waals surface area contributed by atoms with Crippen molar-refractivity contribution in [3.63, 3.8) is 0 Å². The molecule has 408 valence electrons. The highest BCUT2D eigenvalue weighted by atomic mass is 16.6. The van der Waals surface area contributed by atoms with E-state index in [2.05, 4.69) is 5.32 Å². The lowest BCUT2D eigenvalue weighted by atomic mass is 9.45. The highest BCUT2D eigenvalue weighted by Crippen LogP contribution is 2.63. The lowest BCUT2D eigenvalue weighted by Crippen LogP contribution is -2.80. The minimum Gasteiger partial charge on any atom is -0.458 e. The van der Waals surface area contributed by atoms with Crippen LogP contribution in [-0.4, -0.2) is 147 Å². The van der Waals surface area contributed by atoms with Crippen LogP contribution >= 0.6 is 0 Å². The smallest absolute Gasteiger partial charge is 0.419 e. The number of nitrogens with one attached hydrogen (secondary N) is 1. The highest BCUT2D eigenvalue weighted by Gasteiger charge is 2.76. The van der Waals surface area contributed by atoms with Gasteiger partial charge in [-0.2, -0.15) is 0 Å². The van der Waals surface area contributed by atoms with Crippen LogP contribution in [0.15, 0.2) is 65.3 Å². The standard InChI is InChI=1S/C54H74N2O18/c1-28(2)25-33(55-36(60)23-19-16-20-24-56(48(66)73-50(6,7)8)49(67)74-51(9,10)11)39(61)47(65)70-41-29(3)37-43(69-30(4)57)45(63)53(14)34(59)26-35-54(27-68-35,72-31(5)58)44(53)42(38(40(41)62)52(37,12)13)71-46(64)32-21-17-15-18-22-32/h15,17-19,21-23,25,33-35,38-44,59,61-62H,16,20,24,26-27H2,1-14H3,(H,55,60)/b23-19+/t33-,34-,35+,38?,39+,40+,41+,42+,43+,44-,53+,54-/m0/s1. The third kappa shape index (κ3) is 12.6. The van der Waals surface area contributed by atoms with E-state index >= 15 is 4.79 Å². The molecule has 2 bridgehead atoms. The molecule has 0 radical (unpaired) electrons. The molecular weight excluding hydrogens is 965 g/mol. The molecule has 74 heavy (non-hydrogen) atoms. The number of esters is 4. The van der Waals surface area contributed by atoms with Crippen LogP contribution in [0.2, 0.25) is 0 Å². The Hall–Kier alpha value is -5.96. The van der Waals surface area contributed by atoms with Gasteiger partial charge in [0.2, 0.25) is 5.91 Å². The third-order valence-corrected chi connectivity index (χ3v) is 13.9. The van der Waals surface area contributed by atoms with Gasteiger partial charge in [0.25, 0.3) is 0 Å². The molecular formula is C54H74N2O18. The van der Waals surface area contributed by atoms with Crippen LogP contribution in [0.3, 0.4) is 0 Å². The lowest BCUT2D eigenvalue weighted by molar-refractivity contribution is -0.337. The number of carbonyl (C=O) groups excluding carboxylic acids is 8. The fourth-order valence-electron chi connectivity index (χ4n) is 10.8. The van der Waals surface area contributed by atoms with Crippen molar-refractivity contribution in [1.82, 2.24) is 10.2 Å². The monoisotopic (exact) mass is 1040 g/mol. The van der Waals surface area contributed by atoms with Gasteiger partial charge in [0, 0.05) is 32.7 Å². The number of aliphatic hydroxyl groups excluding tert-OH is 3. The summed E-state index contributed by atoms with van der Waals surface area (Å²) in [5.74, 6) is -8.43. The van der Waals surface area contributed by atoms with Gasteiger partial charge in [0.15, 0.2) is 23.6 Å². The first kappa shape index (κ1) is 58.9. The molecule has 5 rings (SSSR count). The zero-order valence-electron chi connectivity index (χ0n) is 44.8. The fourth-order valence-corrected chi connectivity index (χ4v) is 10.8. The van der Waals surface area contributed by atoms with Crippen molar-refractivity contribution >= 4 is 47.8 Å². The van der Waals surface area contributed by atoms with E-state index in [0.29, 0.717) is 5.57 Å². The van der Waals surface area contributed by atoms with E-state index in [0.717, 1.165) is 24.8 Å². The number of hydrogen-bond acceptors (Lipinski definition) is 18. The molecule has 1 aromatic rings. The van der Waals surface area contributed by atoms with Crippen LogP contribution in [0.5, 0.6) is 0 Å². The summed E-state index contributed by atoms with van der Waals surface area (Å²) in [6, 6.07) is 6.41. The number of hydrogen-bond donors (Lipinski definition) is 4. The number of nitrogens with zero attached hydrogens (tertiary/aromatic N) is 1. The maximum Gasteiger partial charge on any atom is 0.419 e. The van der Waals surface area contributed by atoms with Crippen LogP contribution in [0.4, 0.5) is 9.59 Å². The van der Waals surface area contributed by atoms with Crippen molar-refractivity contribution in [2.75, 3.05) is 13.2 Å². The third-order valence-electron chi connectivity index (χ3n) is 13.9. The average Bonchev–Trinajstić information content (AvgIpc) is 3.26. The number of unbranched alkanes of at least 4 members (excludes halogenated alkanes) is 1. The molecule has 12 atom stereocenters. The zero-order valence-corrected chi connectivity index (χ0v) is 44.8. The lowest BCUT2D eigenvalue weighted by Gasteiger charge is -2.66. The molecule has 4 aliphatic rings. The zero-order chi connectivity index (χ0) is 55.6. The number of Topliss-reactive ketones (excluding diaryl/α,β-unsaturated/α-hetero) is 1. The molecule has 20 nitrogen and oxygen atoms in total. The molecule has 1 unspecified atom stereocenters. The summed E-state index contributed by atoms with van der Waals surface area (Å²) < 4.78 is 41.1. The largest absolute Gasteiger partial charge is 0.458 e. The molecule has 3 fully saturated rings. The van der Waals surface area contributed by atoms with Crippen LogP contribution < -0.4 is 5.32 Å². The van der Waals surface area contributed by atoms with Crippen molar-refractivity contribution < 1.29 is 86.8 Å². The predicted octanol–water partition coefficient (Wildman–Crippen LogP) is 5.38. The maximum atomic E-state index is 15.5. The van der Waals surface area contributed by atoms with E-state index in [4.69, 9.17) is 33.2 Å². The van der Waals surface area contributed by atoms with E-state index in [9.17, 15) is 48.9 Å². The van der Waals surface area contributed by atoms with E-state index in [1.165, 1.54) is 38.1 Å². The summed E-state index contributed by atoms with van der Waals surface area (Å²) >= 11 is 0. The summed E-state index contributed by atoms with van der Waals surface area (Å²) in [7, 11) is 0. The second-order valence-electron chi connectivity index (χ2n) is 22.5. The molecule has 3 aliphatic carbocycles. The number of amides is 3. The quantitative estimate of drug-likeness (QED) is 0.0598. The van der Waals surface area contributed by atoms with Gasteiger partial charge >= 0.3 is 36.1 Å². The first-order chi connectivity index (χ1) is 34.2. The van der Waals surface area contributed by atoms with Crippen LogP contribution in [0, 0.1) is 22.7 Å². The number of ketones is 1. The maximum absolute atomic E-state index is 15.5. The summed E-state index contributed by atoms with van der Waals surface area (Å²) in [5, 5.41) is 39.2. The Labute approximate surface area is 432 Å². The number of ether oxygens (including phenoxy) is 7. The summed E-state index contributed by atoms with van der Waals surface area (Å²) in [6.07, 6.45) is -9.38. The SMILES string of the molecule is CC(=O)O[C@H]1C(=O)[C@@]2(C)[C@H]([C@H](OC(=O)c3ccccc3)C3[C@@H](O)[C@H](OC(=O)[C@H](O)[C@H](C=C(C)C)NC(=O)/C=C/CCCN(C(=O)OC(C)(C)C)C(=O)OC(C)(C)C)C(C)=C1C3(C)C)[C@]1(OC(C)=O)CO[C@@H]1C[C@@H]2O. The fraction of sp³-hybridized carbons (Fsp3) is 0.630. The van der Waals surface area contributed by atoms with Crippen molar-refractivity contribution in [2.45, 2.75) is 182 Å². The summed E-state index contributed by atoms with van der Waals surface area (Å²) in [5.41, 5.74) is -6.31. The van der Waals surface area contributed by atoms with Crippen molar-refractivity contribution in [3.8, 4) is 0 Å². The number of fused-ring (bicyclic) bond motifs is 5. The molecule has 3 amide bonds. The van der Waals surface area contributed by atoms with Crippen molar-refractivity contribution in [3.05, 3.63) is 70.8 Å². The average molecular weight is 1040 g/mol. The number of benzene rings is 1. The number of imide groups is 1. The van der Waals surface area contributed by atoms with Crippen LogP contribution in [-0.2, 0) is 57.1 Å². The Morgan fingerprint density at radius 1 is 0.878 bits per heavy atom. The van der Waals surface area contributed by atoms with Gasteiger partial charge in [-0.15, -0.1) is 0 Å². The van der Waals surface area contributed by atoms with Gasteiger partial charge in [-0.25, -0.2) is 24.1 Å². The van der Waals surface area contributed by atoms with E-state index in [1.807, 2.05) is 0 Å². The van der Waals surface area contributed by atoms with E-state index in [1.54, 1.807) is 87.4 Å². The first-order valence-electron chi connectivity index (χ1n) is 24.8. The van der Waals surface area contributed by atoms with Gasteiger partial charge in [-0.1, -0.05) is 49.8 Å². The molecule has 1 aromatic carbocycles. The predicted molar refractivity (Wildman–Crippen MR) is 263 cm³/mol. The Bertz CT molecular complexity index is 2400. The molecule has 0 spiro atoms. The number of rotatable bonds is 14. The van der Waals surface area contributed by atoms with Crippen molar-refractivity contribution in [2.24, 2.45) is 22.7 Å². The van der Waals surface area contributed by atoms with Gasteiger partial charge in [0.05, 0.1) is 35.6 Å². The van der Waals surface area contributed by atoms with Crippen LogP contribution in [0.1, 0.15) is 127 Å². The highest BCUT2D eigenvalue weighted by molar-refractivity contribution is 5.95. The summed E-state index contributed by atoms with van der Waals surface area (Å²) in [6.45, 7) is 21.1. The normalized spacial score (nSPS) is 29.0. The molecule has 4 N–H and O–H groups in total. The topological polar surface area (TPSA) is 277 Å². The Morgan fingerprint density at radius 3 is 1.99 bits per heavy atom. The summed E-state index contributed by atoms with van der Waals surface area (Å²) in [4.78, 5) is 110. The minimum absolute atomic E-state index is 0.0431. The second kappa shape index (κ2) is 22.5. The second-order valence-corrected chi connectivity index (χ2v) is 22.5. The first-order valence-corrected chi connectivity index (χ1v) is 24.8. The van der Waals surface area contributed by atoms with Gasteiger partial charge in [0.1, 0.15) is 35.6 Å². The minimum atomic E-state index is -2.13. The molecule has 1 heterocycles. The van der Waals surface area contributed by atoms with E-state index in [-0.39, 0.29) is 49.1 Å². The Balaban J connectivity index is 1.50. The Kier molecular flexibility index (Phi) is 17.9. The molecule has 0 aromatic heterocycles. The number of allylic oxidation sites excluding steroid dienone is 2. The number of carbonyl (C=O) groups is 8. The molecule has 1 saturated heterocycles. The van der Waals surface area contributed by atoms with Gasteiger partial charge < -0.3 is 53.8 Å². The van der Waals surface area contributed by atoms with Crippen molar-refractivity contribution in [1.29, 1.82) is 0 Å². The van der Waals surface area contributed by atoms with Gasteiger partial charge in [-0.3, -0.25) is 19.2 Å². The Morgan fingerprint density at radius 2 is 1.47 bits per heavy atom. The molecule has 2 saturated carbocycles. The van der Waals surface area contributed by atoms with Crippen LogP contribution in [0.25, 0.3) is 0 Å². The molecule has 1 aliphatic heterocycles. The number of aliphatic hydroxyl groups is 3.